The SMILES string of the molecule is CC.CCCC/C1=C/C=C=C(N)C=C=C1.Cc1ccccc1C. The fraction of sp³-hybridized carbons (Fsp3) is 0.364. The number of benzene rings is 1. The molecule has 0 aromatic heterocycles. The molecule has 0 saturated heterocycles. The Kier molecular flexibility index (Phi) is 12.2. The molecule has 0 spiro atoms. The fourth-order valence-corrected chi connectivity index (χ4v) is 1.77. The van der Waals surface area contributed by atoms with Gasteiger partial charge in [-0.25, -0.2) is 0 Å². The Morgan fingerprint density at radius 2 is 1.61 bits per heavy atom. The summed E-state index contributed by atoms with van der Waals surface area (Å²) < 4.78 is 0. The minimum Gasteiger partial charge on any atom is -0.392 e. The number of rotatable bonds is 3. The zero-order valence-electron chi connectivity index (χ0n) is 15.3. The summed E-state index contributed by atoms with van der Waals surface area (Å²) in [5, 5.41) is 0. The predicted octanol–water partition coefficient (Wildman–Crippen LogP) is 6.16. The highest BCUT2D eigenvalue weighted by Crippen LogP contribution is 2.09. The molecule has 0 saturated carbocycles. The van der Waals surface area contributed by atoms with Crippen LogP contribution < -0.4 is 5.73 Å². The van der Waals surface area contributed by atoms with E-state index in [4.69, 9.17) is 5.73 Å². The van der Waals surface area contributed by atoms with E-state index in [1.165, 1.54) is 29.5 Å². The lowest BCUT2D eigenvalue weighted by Gasteiger charge is -1.97. The Morgan fingerprint density at radius 1 is 1.00 bits per heavy atom. The number of unbranched alkanes of at least 4 members (excludes halogenated alkanes) is 1. The summed E-state index contributed by atoms with van der Waals surface area (Å²) in [6.45, 7) is 10.4. The topological polar surface area (TPSA) is 26.0 Å². The number of hydrogen-bond donors (Lipinski definition) is 1. The van der Waals surface area contributed by atoms with Gasteiger partial charge in [0.05, 0.1) is 5.70 Å². The third kappa shape index (κ3) is 10.2. The lowest BCUT2D eigenvalue weighted by molar-refractivity contribution is 0.798. The summed E-state index contributed by atoms with van der Waals surface area (Å²) in [7, 11) is 0. The molecule has 1 nitrogen and oxygen atoms in total. The molecule has 0 fully saturated rings. The third-order valence-electron chi connectivity index (χ3n) is 3.30. The van der Waals surface area contributed by atoms with Gasteiger partial charge in [-0.3, -0.25) is 0 Å². The highest BCUT2D eigenvalue weighted by molar-refractivity contribution is 5.29. The summed E-state index contributed by atoms with van der Waals surface area (Å²) in [6, 6.07) is 8.36. The van der Waals surface area contributed by atoms with Crippen molar-refractivity contribution in [1.82, 2.24) is 0 Å². The van der Waals surface area contributed by atoms with Crippen LogP contribution in [0.1, 0.15) is 51.2 Å². The molecule has 2 N–H and O–H groups in total. The van der Waals surface area contributed by atoms with E-state index in [0.717, 1.165) is 6.42 Å². The van der Waals surface area contributed by atoms with E-state index in [1.807, 2.05) is 32.1 Å². The third-order valence-corrected chi connectivity index (χ3v) is 3.30. The molecule has 124 valence electrons. The second-order valence-electron chi connectivity index (χ2n) is 5.15. The largest absolute Gasteiger partial charge is 0.392 e. The van der Waals surface area contributed by atoms with Crippen LogP contribution in [0.2, 0.25) is 0 Å². The van der Waals surface area contributed by atoms with E-state index < -0.39 is 0 Å². The predicted molar refractivity (Wildman–Crippen MR) is 103 cm³/mol. The van der Waals surface area contributed by atoms with Crippen molar-refractivity contribution in [2.45, 2.75) is 53.9 Å². The average Bonchev–Trinajstić information content (AvgIpc) is 2.55. The van der Waals surface area contributed by atoms with E-state index in [2.05, 4.69) is 56.5 Å². The summed E-state index contributed by atoms with van der Waals surface area (Å²) in [6.07, 6.45) is 11.2. The van der Waals surface area contributed by atoms with E-state index in [-0.39, 0.29) is 0 Å². The lowest BCUT2D eigenvalue weighted by Crippen LogP contribution is -1.89. The first-order chi connectivity index (χ1) is 11.1. The summed E-state index contributed by atoms with van der Waals surface area (Å²) >= 11 is 0. The van der Waals surface area contributed by atoms with Gasteiger partial charge in [-0.05, 0) is 55.5 Å². The van der Waals surface area contributed by atoms with E-state index in [1.54, 1.807) is 6.08 Å². The highest BCUT2D eigenvalue weighted by Gasteiger charge is 1.91. The fourth-order valence-electron chi connectivity index (χ4n) is 1.77. The maximum Gasteiger partial charge on any atom is 0.0825 e. The van der Waals surface area contributed by atoms with Gasteiger partial charge < -0.3 is 5.73 Å². The summed E-state index contributed by atoms with van der Waals surface area (Å²) in [5.74, 6) is 0. The van der Waals surface area contributed by atoms with Gasteiger partial charge in [0.1, 0.15) is 0 Å². The Balaban J connectivity index is 0.000000414. The molecule has 0 aliphatic heterocycles. The molecule has 1 heteroatoms. The Bertz CT molecular complexity index is 584. The number of allylic oxidation sites excluding steroid dienone is 3. The smallest absolute Gasteiger partial charge is 0.0825 e. The molecular formula is C22H31N. The van der Waals surface area contributed by atoms with Crippen LogP contribution in [0.4, 0.5) is 0 Å². The normalized spacial score (nSPS) is 14.1. The maximum atomic E-state index is 5.56. The Hall–Kier alpha value is -2.20. The molecule has 0 radical (unpaired) electrons. The maximum absolute atomic E-state index is 5.56. The molecule has 1 aliphatic rings. The molecule has 1 aliphatic carbocycles. The monoisotopic (exact) mass is 309 g/mol. The van der Waals surface area contributed by atoms with Crippen molar-refractivity contribution in [3.63, 3.8) is 0 Å². The van der Waals surface area contributed by atoms with Crippen LogP contribution >= 0.6 is 0 Å². The molecule has 0 amide bonds. The first-order valence-electron chi connectivity index (χ1n) is 8.49. The van der Waals surface area contributed by atoms with Crippen molar-refractivity contribution >= 4 is 0 Å². The van der Waals surface area contributed by atoms with Gasteiger partial charge in [0, 0.05) is 6.08 Å². The van der Waals surface area contributed by atoms with Crippen molar-refractivity contribution in [2.75, 3.05) is 0 Å². The highest BCUT2D eigenvalue weighted by atomic mass is 14.5. The molecule has 1 aromatic carbocycles. The van der Waals surface area contributed by atoms with Crippen molar-refractivity contribution < 1.29 is 0 Å². The van der Waals surface area contributed by atoms with Crippen LogP contribution in [-0.4, -0.2) is 0 Å². The van der Waals surface area contributed by atoms with E-state index in [0.29, 0.717) is 5.70 Å². The molecule has 1 aromatic rings. The van der Waals surface area contributed by atoms with Crippen molar-refractivity contribution in [1.29, 1.82) is 0 Å². The van der Waals surface area contributed by atoms with Gasteiger partial charge in [0.15, 0.2) is 0 Å². The van der Waals surface area contributed by atoms with Crippen LogP contribution in [0.25, 0.3) is 0 Å². The molecular weight excluding hydrogens is 278 g/mol. The quantitative estimate of drug-likeness (QED) is 0.665. The summed E-state index contributed by atoms with van der Waals surface area (Å²) in [4.78, 5) is 0. The van der Waals surface area contributed by atoms with Gasteiger partial charge in [0.25, 0.3) is 0 Å². The first kappa shape index (κ1) is 20.8. The van der Waals surface area contributed by atoms with Crippen LogP contribution in [0.5, 0.6) is 0 Å². The number of aryl methyl sites for hydroxylation is 2. The number of hydrogen-bond acceptors (Lipinski definition) is 1. The second-order valence-corrected chi connectivity index (χ2v) is 5.15. The minimum atomic E-state index is 0.627. The first-order valence-corrected chi connectivity index (χ1v) is 8.49. The van der Waals surface area contributed by atoms with Gasteiger partial charge in [-0.15, -0.1) is 5.73 Å². The lowest BCUT2D eigenvalue weighted by atomic mass is 10.1. The zero-order valence-corrected chi connectivity index (χ0v) is 15.3. The Morgan fingerprint density at radius 3 is 2.13 bits per heavy atom. The van der Waals surface area contributed by atoms with Crippen LogP contribution in [0.3, 0.4) is 0 Å². The van der Waals surface area contributed by atoms with E-state index in [9.17, 15) is 0 Å². The van der Waals surface area contributed by atoms with Gasteiger partial charge in [0.2, 0.25) is 0 Å². The summed E-state index contributed by atoms with van der Waals surface area (Å²) in [5.41, 5.74) is 16.2. The Labute approximate surface area is 142 Å². The van der Waals surface area contributed by atoms with E-state index >= 15 is 0 Å². The standard InChI is InChI=1S/C12H15N.C8H10.C2H6/c1-2-3-6-11-7-4-9-12(13)10-5-8-11;1-7-5-3-4-6-8(7)2;1-2/h4,7-8,10H,2-3,6,13H2,1H3;3-6H,1-2H3;1-2H3/b11-7-;;. The minimum absolute atomic E-state index is 0.627. The second kappa shape index (κ2) is 13.5. The van der Waals surface area contributed by atoms with Crippen LogP contribution in [0, 0.1) is 13.8 Å². The van der Waals surface area contributed by atoms with Gasteiger partial charge in [-0.2, -0.15) is 0 Å². The van der Waals surface area contributed by atoms with Crippen molar-refractivity contribution in [2.24, 2.45) is 5.73 Å². The molecule has 2 rings (SSSR count). The number of nitrogens with two attached hydrogens (primary N) is 1. The molecule has 0 atom stereocenters. The zero-order chi connectivity index (χ0) is 17.5. The molecule has 0 unspecified atom stereocenters. The average molecular weight is 309 g/mol. The van der Waals surface area contributed by atoms with Crippen LogP contribution in [0.15, 0.2) is 71.3 Å². The molecule has 0 bridgehead atoms. The molecule has 23 heavy (non-hydrogen) atoms. The van der Waals surface area contributed by atoms with Gasteiger partial charge in [-0.1, -0.05) is 63.3 Å². The molecule has 0 heterocycles. The van der Waals surface area contributed by atoms with Crippen molar-refractivity contribution in [3.05, 3.63) is 82.4 Å². The van der Waals surface area contributed by atoms with Gasteiger partial charge >= 0.3 is 0 Å². The van der Waals surface area contributed by atoms with Crippen molar-refractivity contribution in [3.8, 4) is 0 Å². The van der Waals surface area contributed by atoms with Crippen LogP contribution in [-0.2, 0) is 0 Å².